The lowest BCUT2D eigenvalue weighted by Gasteiger charge is -2.31. The van der Waals surface area contributed by atoms with Gasteiger partial charge in [0.2, 0.25) is 5.91 Å². The van der Waals surface area contributed by atoms with Gasteiger partial charge in [0.1, 0.15) is 5.44 Å². The van der Waals surface area contributed by atoms with E-state index >= 15 is 0 Å². The molecule has 1 aromatic rings. The Kier molecular flexibility index (Phi) is 4.65. The lowest BCUT2D eigenvalue weighted by atomic mass is 9.87. The number of carbonyl (C=O) groups excluding carboxylic acids is 1. The van der Waals surface area contributed by atoms with E-state index in [-0.39, 0.29) is 16.8 Å². The van der Waals surface area contributed by atoms with Gasteiger partial charge < -0.3 is 4.74 Å². The van der Waals surface area contributed by atoms with Gasteiger partial charge in [-0.1, -0.05) is 20.8 Å². The number of methoxy groups -OCH3 is 1. The Hall–Kier alpha value is -0.740. The first-order valence-electron chi connectivity index (χ1n) is 7.20. The summed E-state index contributed by atoms with van der Waals surface area (Å²) in [5.74, 6) is 0.474. The number of fused-ring (bicyclic) bond motifs is 1. The molecular formula is C16H25NO2S. The molecule has 0 saturated heterocycles. The van der Waals surface area contributed by atoms with Crippen LogP contribution in [0, 0.1) is 5.41 Å². The Balaban J connectivity index is 2.44. The van der Waals surface area contributed by atoms with Crippen molar-refractivity contribution in [3.63, 3.8) is 0 Å². The SMILES string of the molecule is COC(SC)C1CCCc2ccn(C(=O)C(C)(C)C)c21. The average molecular weight is 295 g/mol. The molecule has 0 N–H and O–H groups in total. The maximum Gasteiger partial charge on any atom is 0.236 e. The van der Waals surface area contributed by atoms with Gasteiger partial charge in [0.25, 0.3) is 0 Å². The van der Waals surface area contributed by atoms with Gasteiger partial charge in [-0.3, -0.25) is 9.36 Å². The molecule has 0 spiro atoms. The van der Waals surface area contributed by atoms with Crippen LogP contribution in [0.5, 0.6) is 0 Å². The van der Waals surface area contributed by atoms with Crippen LogP contribution in [-0.2, 0) is 11.2 Å². The molecule has 0 bridgehead atoms. The van der Waals surface area contributed by atoms with Gasteiger partial charge in [-0.25, -0.2) is 0 Å². The van der Waals surface area contributed by atoms with Crippen molar-refractivity contribution in [2.75, 3.05) is 13.4 Å². The Morgan fingerprint density at radius 3 is 2.75 bits per heavy atom. The smallest absolute Gasteiger partial charge is 0.236 e. The molecule has 1 heterocycles. The van der Waals surface area contributed by atoms with Crippen molar-refractivity contribution in [3.05, 3.63) is 23.5 Å². The second kappa shape index (κ2) is 5.94. The molecule has 1 aliphatic carbocycles. The number of hydrogen-bond acceptors (Lipinski definition) is 3. The van der Waals surface area contributed by atoms with Crippen LogP contribution in [0.1, 0.15) is 55.6 Å². The maximum atomic E-state index is 12.7. The number of rotatable bonds is 3. The summed E-state index contributed by atoms with van der Waals surface area (Å²) >= 11 is 1.72. The third-order valence-electron chi connectivity index (χ3n) is 3.98. The molecule has 0 aromatic carbocycles. The summed E-state index contributed by atoms with van der Waals surface area (Å²) in [4.78, 5) is 12.7. The quantitative estimate of drug-likeness (QED) is 0.792. The normalized spacial score (nSPS) is 20.6. The van der Waals surface area contributed by atoms with Crippen LogP contribution in [0.4, 0.5) is 0 Å². The third-order valence-corrected chi connectivity index (χ3v) is 4.96. The van der Waals surface area contributed by atoms with Gasteiger partial charge in [0.15, 0.2) is 0 Å². The van der Waals surface area contributed by atoms with Gasteiger partial charge in [-0.15, -0.1) is 11.8 Å². The molecule has 0 fully saturated rings. The van der Waals surface area contributed by atoms with Crippen LogP contribution >= 0.6 is 11.8 Å². The summed E-state index contributed by atoms with van der Waals surface area (Å²) in [6.07, 6.45) is 7.35. The second-order valence-corrected chi connectivity index (χ2v) is 7.43. The van der Waals surface area contributed by atoms with E-state index in [1.165, 1.54) is 17.7 Å². The highest BCUT2D eigenvalue weighted by molar-refractivity contribution is 7.99. The summed E-state index contributed by atoms with van der Waals surface area (Å²) in [6.45, 7) is 5.92. The molecule has 1 aromatic heterocycles. The molecule has 20 heavy (non-hydrogen) atoms. The summed E-state index contributed by atoms with van der Waals surface area (Å²) in [5.41, 5.74) is 2.25. The fourth-order valence-corrected chi connectivity index (χ4v) is 3.78. The van der Waals surface area contributed by atoms with Gasteiger partial charge in [0.05, 0.1) is 0 Å². The fourth-order valence-electron chi connectivity index (χ4n) is 2.99. The Morgan fingerprint density at radius 2 is 2.20 bits per heavy atom. The highest BCUT2D eigenvalue weighted by atomic mass is 32.2. The molecule has 0 saturated carbocycles. The minimum absolute atomic E-state index is 0.121. The van der Waals surface area contributed by atoms with Crippen LogP contribution < -0.4 is 0 Å². The van der Waals surface area contributed by atoms with Gasteiger partial charge in [-0.05, 0) is 37.1 Å². The summed E-state index contributed by atoms with van der Waals surface area (Å²) in [5, 5.41) is 0. The minimum Gasteiger partial charge on any atom is -0.370 e. The van der Waals surface area contributed by atoms with Crippen molar-refractivity contribution >= 4 is 17.7 Å². The Bertz CT molecular complexity index is 483. The molecule has 0 radical (unpaired) electrons. The van der Waals surface area contributed by atoms with Gasteiger partial charge in [-0.2, -0.15) is 0 Å². The molecule has 1 aliphatic rings. The standard InChI is InChI=1S/C16H25NO2S/c1-16(2,3)15(18)17-10-9-11-7-6-8-12(13(11)17)14(19-4)20-5/h9-10,12,14H,6-8H2,1-5H3. The zero-order valence-corrected chi connectivity index (χ0v) is 13.9. The van der Waals surface area contributed by atoms with Crippen LogP contribution in [0.3, 0.4) is 0 Å². The molecule has 0 amide bonds. The van der Waals surface area contributed by atoms with Gasteiger partial charge >= 0.3 is 0 Å². The molecule has 0 aliphatic heterocycles. The Labute approximate surface area is 126 Å². The van der Waals surface area contributed by atoms with E-state index in [0.29, 0.717) is 5.92 Å². The van der Waals surface area contributed by atoms with Crippen LogP contribution in [0.25, 0.3) is 0 Å². The first kappa shape index (κ1) is 15.6. The van der Waals surface area contributed by atoms with Crippen molar-refractivity contribution < 1.29 is 9.53 Å². The zero-order valence-electron chi connectivity index (χ0n) is 13.1. The van der Waals surface area contributed by atoms with Crippen molar-refractivity contribution in [2.24, 2.45) is 5.41 Å². The molecular weight excluding hydrogens is 270 g/mol. The van der Waals surface area contributed by atoms with E-state index in [1.54, 1.807) is 18.9 Å². The van der Waals surface area contributed by atoms with Crippen molar-refractivity contribution in [1.29, 1.82) is 0 Å². The molecule has 112 valence electrons. The number of aryl methyl sites for hydroxylation is 1. The molecule has 2 rings (SSSR count). The lowest BCUT2D eigenvalue weighted by molar-refractivity contribution is 0.0753. The topological polar surface area (TPSA) is 31.2 Å². The number of carbonyl (C=O) groups is 1. The third kappa shape index (κ3) is 2.82. The largest absolute Gasteiger partial charge is 0.370 e. The first-order valence-corrected chi connectivity index (χ1v) is 8.49. The predicted molar refractivity (Wildman–Crippen MR) is 84.5 cm³/mol. The van der Waals surface area contributed by atoms with Crippen molar-refractivity contribution in [2.45, 2.75) is 51.4 Å². The highest BCUT2D eigenvalue weighted by Gasteiger charge is 2.34. The van der Waals surface area contributed by atoms with E-state index in [0.717, 1.165) is 12.8 Å². The monoisotopic (exact) mass is 295 g/mol. The van der Waals surface area contributed by atoms with E-state index < -0.39 is 0 Å². The molecule has 4 heteroatoms. The second-order valence-electron chi connectivity index (χ2n) is 6.49. The number of thioether (sulfide) groups is 1. The average Bonchev–Trinajstić information content (AvgIpc) is 2.82. The summed E-state index contributed by atoms with van der Waals surface area (Å²) in [6, 6.07) is 2.11. The van der Waals surface area contributed by atoms with E-state index in [9.17, 15) is 4.79 Å². The van der Waals surface area contributed by atoms with E-state index in [1.807, 2.05) is 31.5 Å². The van der Waals surface area contributed by atoms with E-state index in [4.69, 9.17) is 4.74 Å². The zero-order chi connectivity index (χ0) is 14.9. The predicted octanol–water partition coefficient (Wildman–Crippen LogP) is 3.93. The summed E-state index contributed by atoms with van der Waals surface area (Å²) in [7, 11) is 1.76. The van der Waals surface area contributed by atoms with Crippen LogP contribution in [-0.4, -0.2) is 29.3 Å². The molecule has 2 unspecified atom stereocenters. The number of nitrogens with zero attached hydrogens (tertiary/aromatic N) is 1. The minimum atomic E-state index is -0.364. The number of ether oxygens (including phenoxy) is 1. The van der Waals surface area contributed by atoms with Crippen molar-refractivity contribution in [1.82, 2.24) is 4.57 Å². The van der Waals surface area contributed by atoms with Gasteiger partial charge in [0, 0.05) is 30.3 Å². The number of aromatic nitrogens is 1. The fraction of sp³-hybridized carbons (Fsp3) is 0.688. The van der Waals surface area contributed by atoms with Crippen LogP contribution in [0.2, 0.25) is 0 Å². The summed E-state index contributed by atoms with van der Waals surface area (Å²) < 4.78 is 7.50. The first-order chi connectivity index (χ1) is 9.40. The Morgan fingerprint density at radius 1 is 1.50 bits per heavy atom. The lowest BCUT2D eigenvalue weighted by Crippen LogP contribution is -2.31. The van der Waals surface area contributed by atoms with Crippen LogP contribution in [0.15, 0.2) is 12.3 Å². The molecule has 2 atom stereocenters. The van der Waals surface area contributed by atoms with E-state index in [2.05, 4.69) is 12.3 Å². The maximum absolute atomic E-state index is 12.7. The highest BCUT2D eigenvalue weighted by Crippen LogP contribution is 2.39. The molecule has 3 nitrogen and oxygen atoms in total. The number of hydrogen-bond donors (Lipinski definition) is 0. The van der Waals surface area contributed by atoms with Crippen molar-refractivity contribution in [3.8, 4) is 0 Å².